The van der Waals surface area contributed by atoms with E-state index < -0.39 is 0 Å². The van der Waals surface area contributed by atoms with Crippen LogP contribution in [0.25, 0.3) is 0 Å². The van der Waals surface area contributed by atoms with Crippen LogP contribution in [0.4, 0.5) is 11.4 Å². The van der Waals surface area contributed by atoms with Crippen LogP contribution in [0.15, 0.2) is 30.5 Å². The van der Waals surface area contributed by atoms with E-state index in [1.54, 1.807) is 6.20 Å². The number of rotatable bonds is 4. The van der Waals surface area contributed by atoms with Crippen molar-refractivity contribution in [2.45, 2.75) is 20.4 Å². The van der Waals surface area contributed by atoms with Crippen molar-refractivity contribution < 1.29 is 0 Å². The Kier molecular flexibility index (Phi) is 4.00. The SMILES string of the molecule is Cc1nccc(CNc2ccc(N(C)C)cc2C)n1. The Morgan fingerprint density at radius 1 is 1.16 bits per heavy atom. The van der Waals surface area contributed by atoms with Crippen molar-refractivity contribution in [3.05, 3.63) is 47.5 Å². The number of hydrogen-bond acceptors (Lipinski definition) is 4. The molecule has 0 saturated carbocycles. The van der Waals surface area contributed by atoms with Crippen LogP contribution in [-0.4, -0.2) is 24.1 Å². The van der Waals surface area contributed by atoms with Gasteiger partial charge in [-0.15, -0.1) is 0 Å². The van der Waals surface area contributed by atoms with Crippen LogP contribution in [0.2, 0.25) is 0 Å². The predicted molar refractivity (Wildman–Crippen MR) is 79.6 cm³/mol. The minimum Gasteiger partial charge on any atom is -0.379 e. The van der Waals surface area contributed by atoms with Gasteiger partial charge in [-0.05, 0) is 43.7 Å². The van der Waals surface area contributed by atoms with E-state index in [4.69, 9.17) is 0 Å². The summed E-state index contributed by atoms with van der Waals surface area (Å²) in [6, 6.07) is 8.33. The standard InChI is InChI=1S/C15H20N4/c1-11-9-14(19(3)4)5-6-15(11)17-10-13-7-8-16-12(2)18-13/h5-9,17H,10H2,1-4H3. The Labute approximate surface area is 114 Å². The van der Waals surface area contributed by atoms with Crippen LogP contribution >= 0.6 is 0 Å². The maximum absolute atomic E-state index is 4.38. The highest BCUT2D eigenvalue weighted by Gasteiger charge is 2.02. The molecule has 1 aromatic carbocycles. The second-order valence-corrected chi connectivity index (χ2v) is 4.84. The van der Waals surface area contributed by atoms with Crippen molar-refractivity contribution in [3.63, 3.8) is 0 Å². The number of aromatic nitrogens is 2. The molecule has 0 aliphatic rings. The summed E-state index contributed by atoms with van der Waals surface area (Å²) in [4.78, 5) is 10.6. The molecule has 0 atom stereocenters. The van der Waals surface area contributed by atoms with Crippen LogP contribution in [0.5, 0.6) is 0 Å². The molecule has 1 aromatic heterocycles. The van der Waals surface area contributed by atoms with Gasteiger partial charge < -0.3 is 10.2 Å². The highest BCUT2D eigenvalue weighted by Crippen LogP contribution is 2.21. The Balaban J connectivity index is 2.07. The van der Waals surface area contributed by atoms with Gasteiger partial charge in [-0.2, -0.15) is 0 Å². The van der Waals surface area contributed by atoms with Crippen molar-refractivity contribution in [1.29, 1.82) is 0 Å². The maximum atomic E-state index is 4.38. The van der Waals surface area contributed by atoms with E-state index in [-0.39, 0.29) is 0 Å². The third-order valence-corrected chi connectivity index (χ3v) is 3.02. The molecule has 0 spiro atoms. The monoisotopic (exact) mass is 256 g/mol. The zero-order chi connectivity index (χ0) is 13.8. The first-order valence-corrected chi connectivity index (χ1v) is 6.36. The molecule has 4 heteroatoms. The summed E-state index contributed by atoms with van der Waals surface area (Å²) in [6.45, 7) is 4.73. The molecule has 0 bridgehead atoms. The quantitative estimate of drug-likeness (QED) is 0.913. The first-order chi connectivity index (χ1) is 9.06. The van der Waals surface area contributed by atoms with Gasteiger partial charge in [0, 0.05) is 31.7 Å². The lowest BCUT2D eigenvalue weighted by molar-refractivity contribution is 0.954. The molecule has 0 saturated heterocycles. The van der Waals surface area contributed by atoms with Gasteiger partial charge in [0.2, 0.25) is 0 Å². The maximum Gasteiger partial charge on any atom is 0.125 e. The molecule has 0 unspecified atom stereocenters. The minimum absolute atomic E-state index is 0.714. The van der Waals surface area contributed by atoms with E-state index in [1.165, 1.54) is 11.3 Å². The van der Waals surface area contributed by atoms with E-state index in [1.807, 2.05) is 27.1 Å². The lowest BCUT2D eigenvalue weighted by atomic mass is 10.1. The largest absolute Gasteiger partial charge is 0.379 e. The van der Waals surface area contributed by atoms with Gasteiger partial charge in [0.15, 0.2) is 0 Å². The van der Waals surface area contributed by atoms with Crippen molar-refractivity contribution in [2.75, 3.05) is 24.3 Å². The zero-order valence-corrected chi connectivity index (χ0v) is 11.9. The van der Waals surface area contributed by atoms with Crippen LogP contribution in [0, 0.1) is 13.8 Å². The van der Waals surface area contributed by atoms with E-state index >= 15 is 0 Å². The molecule has 0 amide bonds. The van der Waals surface area contributed by atoms with Gasteiger partial charge in [-0.25, -0.2) is 9.97 Å². The summed E-state index contributed by atoms with van der Waals surface area (Å²) in [5, 5.41) is 3.41. The third-order valence-electron chi connectivity index (χ3n) is 3.02. The van der Waals surface area contributed by atoms with Crippen LogP contribution in [-0.2, 0) is 6.54 Å². The topological polar surface area (TPSA) is 41.1 Å². The van der Waals surface area contributed by atoms with E-state index in [0.717, 1.165) is 17.2 Å². The number of nitrogens with zero attached hydrogens (tertiary/aromatic N) is 3. The third kappa shape index (κ3) is 3.44. The second kappa shape index (κ2) is 5.69. The first kappa shape index (κ1) is 13.3. The normalized spacial score (nSPS) is 10.3. The van der Waals surface area contributed by atoms with Crippen molar-refractivity contribution >= 4 is 11.4 Å². The van der Waals surface area contributed by atoms with Gasteiger partial charge in [0.1, 0.15) is 5.82 Å². The molecule has 0 fully saturated rings. The minimum atomic E-state index is 0.714. The number of anilines is 2. The molecule has 1 heterocycles. The fourth-order valence-electron chi connectivity index (χ4n) is 1.91. The lowest BCUT2D eigenvalue weighted by Gasteiger charge is -2.16. The molecular weight excluding hydrogens is 236 g/mol. The molecule has 0 aliphatic carbocycles. The molecule has 0 aliphatic heterocycles. The van der Waals surface area contributed by atoms with Crippen LogP contribution in [0.3, 0.4) is 0 Å². The van der Waals surface area contributed by atoms with Crippen molar-refractivity contribution in [2.24, 2.45) is 0 Å². The molecule has 2 aromatic rings. The fourth-order valence-corrected chi connectivity index (χ4v) is 1.91. The summed E-state index contributed by atoms with van der Waals surface area (Å²) < 4.78 is 0. The summed E-state index contributed by atoms with van der Waals surface area (Å²) in [5.74, 6) is 0.805. The molecule has 1 N–H and O–H groups in total. The highest BCUT2D eigenvalue weighted by molar-refractivity contribution is 5.59. The van der Waals surface area contributed by atoms with Gasteiger partial charge in [-0.3, -0.25) is 0 Å². The summed E-state index contributed by atoms with van der Waals surface area (Å²) in [6.07, 6.45) is 1.79. The van der Waals surface area contributed by atoms with Crippen molar-refractivity contribution in [1.82, 2.24) is 9.97 Å². The predicted octanol–water partition coefficient (Wildman–Crippen LogP) is 2.77. The van der Waals surface area contributed by atoms with Gasteiger partial charge in [0.05, 0.1) is 12.2 Å². The smallest absolute Gasteiger partial charge is 0.125 e. The molecule has 100 valence electrons. The summed E-state index contributed by atoms with van der Waals surface area (Å²) >= 11 is 0. The summed E-state index contributed by atoms with van der Waals surface area (Å²) in [7, 11) is 4.09. The van der Waals surface area contributed by atoms with Crippen molar-refractivity contribution in [3.8, 4) is 0 Å². The summed E-state index contributed by atoms with van der Waals surface area (Å²) in [5.41, 5.74) is 4.59. The zero-order valence-electron chi connectivity index (χ0n) is 11.9. The first-order valence-electron chi connectivity index (χ1n) is 6.36. The Bertz CT molecular complexity index is 564. The van der Waals surface area contributed by atoms with E-state index in [9.17, 15) is 0 Å². The molecular formula is C15H20N4. The van der Waals surface area contributed by atoms with Crippen LogP contribution < -0.4 is 10.2 Å². The molecule has 0 radical (unpaired) electrons. The molecule has 19 heavy (non-hydrogen) atoms. The fraction of sp³-hybridized carbons (Fsp3) is 0.333. The van der Waals surface area contributed by atoms with Crippen LogP contribution in [0.1, 0.15) is 17.1 Å². The van der Waals surface area contributed by atoms with E-state index in [0.29, 0.717) is 6.54 Å². The number of hydrogen-bond donors (Lipinski definition) is 1. The van der Waals surface area contributed by atoms with Gasteiger partial charge >= 0.3 is 0 Å². The van der Waals surface area contributed by atoms with Gasteiger partial charge in [-0.1, -0.05) is 0 Å². The average molecular weight is 256 g/mol. The van der Waals surface area contributed by atoms with E-state index in [2.05, 4.69) is 45.3 Å². The molecule has 2 rings (SSSR count). The average Bonchev–Trinajstić information content (AvgIpc) is 2.37. The Morgan fingerprint density at radius 2 is 1.95 bits per heavy atom. The number of aryl methyl sites for hydroxylation is 2. The van der Waals surface area contributed by atoms with Gasteiger partial charge in [0.25, 0.3) is 0 Å². The molecule has 4 nitrogen and oxygen atoms in total. The lowest BCUT2D eigenvalue weighted by Crippen LogP contribution is -2.09. The highest BCUT2D eigenvalue weighted by atomic mass is 15.1. The number of benzene rings is 1. The number of nitrogens with one attached hydrogen (secondary N) is 1. The Hall–Kier alpha value is -2.10. The second-order valence-electron chi connectivity index (χ2n) is 4.84. The Morgan fingerprint density at radius 3 is 2.58 bits per heavy atom.